The monoisotopic (exact) mass is 298 g/mol. The van der Waals surface area contributed by atoms with Crippen molar-refractivity contribution in [1.82, 2.24) is 0 Å². The Morgan fingerprint density at radius 1 is 1.23 bits per heavy atom. The van der Waals surface area contributed by atoms with Gasteiger partial charge in [0.2, 0.25) is 0 Å². The number of carbonyl (C=O) groups is 1. The van der Waals surface area contributed by atoms with E-state index in [0.29, 0.717) is 23.0 Å². The molecule has 0 bridgehead atoms. The third-order valence-electron chi connectivity index (χ3n) is 3.43. The van der Waals surface area contributed by atoms with Gasteiger partial charge in [-0.1, -0.05) is 32.0 Å². The van der Waals surface area contributed by atoms with E-state index in [4.69, 9.17) is 10.5 Å². The minimum Gasteiger partial charge on any atom is -0.484 e. The molecular formula is C18H22N2O2. The van der Waals surface area contributed by atoms with Crippen molar-refractivity contribution in [1.29, 1.82) is 0 Å². The number of benzene rings is 2. The summed E-state index contributed by atoms with van der Waals surface area (Å²) in [6.07, 6.45) is 0. The number of hydrogen-bond acceptors (Lipinski definition) is 3. The highest BCUT2D eigenvalue weighted by Crippen LogP contribution is 2.21. The first kappa shape index (κ1) is 15.9. The summed E-state index contributed by atoms with van der Waals surface area (Å²) in [7, 11) is 0. The molecule has 4 heteroatoms. The number of hydrogen-bond donors (Lipinski definition) is 2. The van der Waals surface area contributed by atoms with E-state index < -0.39 is 0 Å². The number of nitrogen functional groups attached to an aromatic ring is 1. The van der Waals surface area contributed by atoms with Gasteiger partial charge in [-0.2, -0.15) is 0 Å². The third-order valence-corrected chi connectivity index (χ3v) is 3.43. The molecule has 0 radical (unpaired) electrons. The zero-order valence-electron chi connectivity index (χ0n) is 13.2. The van der Waals surface area contributed by atoms with E-state index in [9.17, 15) is 4.79 Å². The fourth-order valence-electron chi connectivity index (χ4n) is 2.07. The van der Waals surface area contributed by atoms with Crippen LogP contribution in [-0.4, -0.2) is 12.5 Å². The van der Waals surface area contributed by atoms with Crippen LogP contribution < -0.4 is 15.8 Å². The quantitative estimate of drug-likeness (QED) is 0.827. The Hall–Kier alpha value is -2.49. The molecule has 0 saturated heterocycles. The summed E-state index contributed by atoms with van der Waals surface area (Å²) in [5.74, 6) is 0.918. The second kappa shape index (κ2) is 6.98. The van der Waals surface area contributed by atoms with Crippen LogP contribution in [0.2, 0.25) is 0 Å². The van der Waals surface area contributed by atoms with Gasteiger partial charge in [-0.05, 0) is 48.2 Å². The summed E-state index contributed by atoms with van der Waals surface area (Å²) in [6, 6.07) is 13.2. The maximum absolute atomic E-state index is 12.0. The maximum Gasteiger partial charge on any atom is 0.262 e. The van der Waals surface area contributed by atoms with Crippen molar-refractivity contribution in [3.05, 3.63) is 53.6 Å². The normalized spacial score (nSPS) is 10.5. The highest BCUT2D eigenvalue weighted by atomic mass is 16.5. The van der Waals surface area contributed by atoms with Crippen molar-refractivity contribution < 1.29 is 9.53 Å². The van der Waals surface area contributed by atoms with Crippen LogP contribution in [0.4, 0.5) is 11.4 Å². The lowest BCUT2D eigenvalue weighted by Gasteiger charge is -2.11. The number of aryl methyl sites for hydroxylation is 1. The summed E-state index contributed by atoms with van der Waals surface area (Å²) in [5, 5.41) is 2.81. The first-order chi connectivity index (χ1) is 10.5. The molecule has 22 heavy (non-hydrogen) atoms. The van der Waals surface area contributed by atoms with Crippen molar-refractivity contribution in [3.8, 4) is 5.75 Å². The number of ether oxygens (including phenoxy) is 1. The van der Waals surface area contributed by atoms with E-state index in [0.717, 1.165) is 5.56 Å². The Morgan fingerprint density at radius 2 is 2.00 bits per heavy atom. The van der Waals surface area contributed by atoms with Gasteiger partial charge in [-0.15, -0.1) is 0 Å². The highest BCUT2D eigenvalue weighted by Gasteiger charge is 2.07. The number of carbonyl (C=O) groups excluding carboxylic acids is 1. The van der Waals surface area contributed by atoms with E-state index in [1.165, 1.54) is 5.56 Å². The van der Waals surface area contributed by atoms with Gasteiger partial charge in [0.25, 0.3) is 5.91 Å². The van der Waals surface area contributed by atoms with Crippen LogP contribution in [0.5, 0.6) is 5.75 Å². The molecule has 0 saturated carbocycles. The third kappa shape index (κ3) is 4.25. The maximum atomic E-state index is 12.0. The molecule has 1 amide bonds. The van der Waals surface area contributed by atoms with Crippen molar-refractivity contribution in [2.45, 2.75) is 26.7 Å². The summed E-state index contributed by atoms with van der Waals surface area (Å²) in [4.78, 5) is 12.0. The predicted octanol–water partition coefficient (Wildman–Crippen LogP) is 3.72. The lowest BCUT2D eigenvalue weighted by Crippen LogP contribution is -2.20. The van der Waals surface area contributed by atoms with Crippen LogP contribution in [0.1, 0.15) is 30.9 Å². The fourth-order valence-corrected chi connectivity index (χ4v) is 2.07. The molecule has 2 aromatic rings. The average molecular weight is 298 g/mol. The molecule has 0 heterocycles. The molecule has 0 aromatic heterocycles. The van der Waals surface area contributed by atoms with Crippen LogP contribution in [0.3, 0.4) is 0 Å². The summed E-state index contributed by atoms with van der Waals surface area (Å²) in [6.45, 7) is 6.13. The van der Waals surface area contributed by atoms with Gasteiger partial charge >= 0.3 is 0 Å². The smallest absolute Gasteiger partial charge is 0.262 e. The van der Waals surface area contributed by atoms with Gasteiger partial charge in [0.1, 0.15) is 5.75 Å². The van der Waals surface area contributed by atoms with Gasteiger partial charge in [0.15, 0.2) is 6.61 Å². The largest absolute Gasteiger partial charge is 0.484 e. The summed E-state index contributed by atoms with van der Waals surface area (Å²) >= 11 is 0. The Balaban J connectivity index is 1.95. The molecule has 2 rings (SSSR count). The van der Waals surface area contributed by atoms with Crippen molar-refractivity contribution in [3.63, 3.8) is 0 Å². The summed E-state index contributed by atoms with van der Waals surface area (Å²) in [5.41, 5.74) is 9.21. The number of nitrogens with two attached hydrogens (primary N) is 1. The Morgan fingerprint density at radius 3 is 2.73 bits per heavy atom. The van der Waals surface area contributed by atoms with E-state index in [1.807, 2.05) is 37.3 Å². The van der Waals surface area contributed by atoms with Gasteiger partial charge in [-0.3, -0.25) is 4.79 Å². The van der Waals surface area contributed by atoms with Gasteiger partial charge in [0, 0.05) is 11.4 Å². The lowest BCUT2D eigenvalue weighted by atomic mass is 10.0. The molecule has 0 atom stereocenters. The number of nitrogens with one attached hydrogen (secondary N) is 1. The van der Waals surface area contributed by atoms with Gasteiger partial charge in [-0.25, -0.2) is 0 Å². The molecule has 116 valence electrons. The highest BCUT2D eigenvalue weighted by molar-refractivity contribution is 5.93. The molecule has 0 unspecified atom stereocenters. The van der Waals surface area contributed by atoms with E-state index in [-0.39, 0.29) is 12.5 Å². The minimum absolute atomic E-state index is 0.0320. The van der Waals surface area contributed by atoms with E-state index >= 15 is 0 Å². The fraction of sp³-hybridized carbons (Fsp3) is 0.278. The Labute approximate surface area is 131 Å². The van der Waals surface area contributed by atoms with Gasteiger partial charge in [0.05, 0.1) is 0 Å². The number of amides is 1. The van der Waals surface area contributed by atoms with Crippen LogP contribution in [0, 0.1) is 6.92 Å². The predicted molar refractivity (Wildman–Crippen MR) is 90.2 cm³/mol. The minimum atomic E-state index is -0.205. The van der Waals surface area contributed by atoms with Crippen molar-refractivity contribution in [2.75, 3.05) is 17.7 Å². The molecule has 4 nitrogen and oxygen atoms in total. The molecule has 2 aromatic carbocycles. The summed E-state index contributed by atoms with van der Waals surface area (Å²) < 4.78 is 5.56. The number of anilines is 2. The molecule has 0 aliphatic rings. The molecular weight excluding hydrogens is 276 g/mol. The first-order valence-corrected chi connectivity index (χ1v) is 7.34. The topological polar surface area (TPSA) is 64.3 Å². The molecule has 3 N–H and O–H groups in total. The molecule has 0 fully saturated rings. The lowest BCUT2D eigenvalue weighted by molar-refractivity contribution is -0.118. The van der Waals surface area contributed by atoms with Crippen LogP contribution in [0.25, 0.3) is 0 Å². The Kier molecular flexibility index (Phi) is 5.04. The van der Waals surface area contributed by atoms with E-state index in [1.54, 1.807) is 12.1 Å². The van der Waals surface area contributed by atoms with Crippen molar-refractivity contribution in [2.24, 2.45) is 0 Å². The second-order valence-electron chi connectivity index (χ2n) is 5.64. The molecule has 0 aliphatic heterocycles. The standard InChI is InChI=1S/C18H22N2O2/c1-12(2)14-5-4-6-16(9-14)22-11-18(21)20-17-10-15(19)8-7-13(17)3/h4-10,12H,11,19H2,1-3H3,(H,20,21). The number of rotatable bonds is 5. The van der Waals surface area contributed by atoms with Crippen LogP contribution in [0.15, 0.2) is 42.5 Å². The molecule has 0 aliphatic carbocycles. The SMILES string of the molecule is Cc1ccc(N)cc1NC(=O)COc1cccc(C(C)C)c1. The van der Waals surface area contributed by atoms with Crippen LogP contribution >= 0.6 is 0 Å². The Bertz CT molecular complexity index is 666. The molecule has 0 spiro atoms. The van der Waals surface area contributed by atoms with E-state index in [2.05, 4.69) is 19.2 Å². The van der Waals surface area contributed by atoms with Crippen molar-refractivity contribution >= 4 is 17.3 Å². The zero-order valence-corrected chi connectivity index (χ0v) is 13.2. The van der Waals surface area contributed by atoms with Crippen LogP contribution in [-0.2, 0) is 4.79 Å². The first-order valence-electron chi connectivity index (χ1n) is 7.34. The average Bonchev–Trinajstić information content (AvgIpc) is 2.49. The zero-order chi connectivity index (χ0) is 16.1. The second-order valence-corrected chi connectivity index (χ2v) is 5.64. The van der Waals surface area contributed by atoms with Gasteiger partial charge < -0.3 is 15.8 Å².